The molecule has 0 aliphatic rings. The van der Waals surface area contributed by atoms with Crippen molar-refractivity contribution in [2.24, 2.45) is 0 Å². The predicted octanol–water partition coefficient (Wildman–Crippen LogP) is 2.54. The fourth-order valence-corrected chi connectivity index (χ4v) is 3.11. The molecule has 0 bridgehead atoms. The molecule has 2 rings (SSSR count). The van der Waals surface area contributed by atoms with Gasteiger partial charge in [0.25, 0.3) is 0 Å². The summed E-state index contributed by atoms with van der Waals surface area (Å²) in [5.41, 5.74) is 0.954. The van der Waals surface area contributed by atoms with Gasteiger partial charge < -0.3 is 13.7 Å². The molecule has 1 unspecified atom stereocenters. The summed E-state index contributed by atoms with van der Waals surface area (Å²) in [6.45, 7) is 2.95. The zero-order valence-corrected chi connectivity index (χ0v) is 15.3. The van der Waals surface area contributed by atoms with Crippen LogP contribution in [0.4, 0.5) is 0 Å². The van der Waals surface area contributed by atoms with Gasteiger partial charge in [0.15, 0.2) is 5.75 Å². The number of hydrogen-bond acceptors (Lipinski definition) is 7. The van der Waals surface area contributed by atoms with Crippen LogP contribution in [0.15, 0.2) is 53.4 Å². The first-order valence-electron chi connectivity index (χ1n) is 7.59. The molecule has 2 aromatic carbocycles. The molecular formula is C18H18O7S. The summed E-state index contributed by atoms with van der Waals surface area (Å²) in [5.74, 6) is -1.72. The Morgan fingerprint density at radius 2 is 1.62 bits per heavy atom. The molecule has 0 amide bonds. The van der Waals surface area contributed by atoms with Crippen LogP contribution >= 0.6 is 0 Å². The number of hydrogen-bond donors (Lipinski definition) is 0. The predicted molar refractivity (Wildman–Crippen MR) is 92.0 cm³/mol. The molecule has 0 aliphatic heterocycles. The maximum atomic E-state index is 12.5. The number of aryl methyl sites for hydroxylation is 1. The van der Waals surface area contributed by atoms with E-state index in [1.165, 1.54) is 30.3 Å². The number of benzene rings is 2. The van der Waals surface area contributed by atoms with Gasteiger partial charge in [0.05, 0.1) is 7.11 Å². The van der Waals surface area contributed by atoms with E-state index in [4.69, 9.17) is 8.92 Å². The Morgan fingerprint density at radius 3 is 2.19 bits per heavy atom. The van der Waals surface area contributed by atoms with Crippen LogP contribution in [0, 0.1) is 6.92 Å². The maximum absolute atomic E-state index is 12.5. The molecule has 2 aromatic rings. The number of carbonyl (C=O) groups excluding carboxylic acids is 2. The van der Waals surface area contributed by atoms with E-state index in [2.05, 4.69) is 4.74 Å². The van der Waals surface area contributed by atoms with E-state index >= 15 is 0 Å². The second-order valence-electron chi connectivity index (χ2n) is 5.40. The first-order valence-corrected chi connectivity index (χ1v) is 9.00. The standard InChI is InChI=1S/C18H18O7S/c1-12-8-10-14(11-9-12)26(21,22)25-16-7-5-4-6-15(16)17(18(20)23-3)24-13(2)19/h4-11,17H,1-3H3. The molecule has 138 valence electrons. The van der Waals surface area contributed by atoms with E-state index in [0.29, 0.717) is 0 Å². The number of para-hydroxylation sites is 1. The minimum absolute atomic E-state index is 0.0417. The highest BCUT2D eigenvalue weighted by Crippen LogP contribution is 2.31. The second kappa shape index (κ2) is 8.01. The SMILES string of the molecule is COC(=O)C(OC(C)=O)c1ccccc1OS(=O)(=O)c1ccc(C)cc1. The van der Waals surface area contributed by atoms with Gasteiger partial charge in [-0.05, 0) is 25.1 Å². The molecule has 7 nitrogen and oxygen atoms in total. The normalized spacial score (nSPS) is 12.1. The van der Waals surface area contributed by atoms with Crippen LogP contribution in [0.5, 0.6) is 5.75 Å². The van der Waals surface area contributed by atoms with E-state index in [-0.39, 0.29) is 16.2 Å². The quantitative estimate of drug-likeness (QED) is 0.563. The van der Waals surface area contributed by atoms with Gasteiger partial charge >= 0.3 is 22.1 Å². The monoisotopic (exact) mass is 378 g/mol. The number of methoxy groups -OCH3 is 1. The lowest BCUT2D eigenvalue weighted by atomic mass is 10.1. The molecule has 0 N–H and O–H groups in total. The highest BCUT2D eigenvalue weighted by Gasteiger charge is 2.29. The minimum atomic E-state index is -4.14. The summed E-state index contributed by atoms with van der Waals surface area (Å²) in [6, 6.07) is 12.0. The van der Waals surface area contributed by atoms with Crippen molar-refractivity contribution in [1.29, 1.82) is 0 Å². The zero-order valence-electron chi connectivity index (χ0n) is 14.5. The topological polar surface area (TPSA) is 96.0 Å². The molecule has 0 fully saturated rings. The average molecular weight is 378 g/mol. The summed E-state index contributed by atoms with van der Waals surface area (Å²) in [7, 11) is -3.01. The minimum Gasteiger partial charge on any atom is -0.466 e. The Hall–Kier alpha value is -2.87. The highest BCUT2D eigenvalue weighted by atomic mass is 32.2. The second-order valence-corrected chi connectivity index (χ2v) is 6.95. The third kappa shape index (κ3) is 4.60. The summed E-state index contributed by atoms with van der Waals surface area (Å²) < 4.78 is 39.8. The van der Waals surface area contributed by atoms with Crippen molar-refractivity contribution in [3.8, 4) is 5.75 Å². The Kier molecular flexibility index (Phi) is 5.99. The Balaban J connectivity index is 2.43. The first kappa shape index (κ1) is 19.5. The van der Waals surface area contributed by atoms with Crippen molar-refractivity contribution in [2.75, 3.05) is 7.11 Å². The fourth-order valence-electron chi connectivity index (χ4n) is 2.16. The summed E-state index contributed by atoms with van der Waals surface area (Å²) in [6.07, 6.45) is -1.44. The average Bonchev–Trinajstić information content (AvgIpc) is 2.59. The van der Waals surface area contributed by atoms with Crippen LogP contribution in [0.1, 0.15) is 24.2 Å². The van der Waals surface area contributed by atoms with Gasteiger partial charge in [-0.3, -0.25) is 4.79 Å². The van der Waals surface area contributed by atoms with Crippen molar-refractivity contribution in [3.05, 3.63) is 59.7 Å². The number of carbonyl (C=O) groups is 2. The van der Waals surface area contributed by atoms with Crippen LogP contribution in [-0.4, -0.2) is 27.5 Å². The number of rotatable bonds is 6. The van der Waals surface area contributed by atoms with Gasteiger partial charge in [-0.1, -0.05) is 35.9 Å². The van der Waals surface area contributed by atoms with Gasteiger partial charge in [-0.2, -0.15) is 8.42 Å². The largest absolute Gasteiger partial charge is 0.466 e. The molecule has 0 aliphatic carbocycles. The van der Waals surface area contributed by atoms with E-state index in [9.17, 15) is 18.0 Å². The summed E-state index contributed by atoms with van der Waals surface area (Å²) in [5, 5.41) is 0. The molecule has 0 radical (unpaired) electrons. The van der Waals surface area contributed by atoms with E-state index in [1.54, 1.807) is 18.2 Å². The van der Waals surface area contributed by atoms with Crippen LogP contribution in [0.25, 0.3) is 0 Å². The Labute approximate surface area is 151 Å². The Morgan fingerprint density at radius 1 is 1.00 bits per heavy atom. The molecule has 0 saturated carbocycles. The third-order valence-corrected chi connectivity index (χ3v) is 4.66. The van der Waals surface area contributed by atoms with Crippen molar-refractivity contribution in [1.82, 2.24) is 0 Å². The molecule has 8 heteroatoms. The molecule has 0 spiro atoms. The lowest BCUT2D eigenvalue weighted by molar-refractivity contribution is -0.165. The molecule has 0 saturated heterocycles. The van der Waals surface area contributed by atoms with E-state index in [1.807, 2.05) is 6.92 Å². The van der Waals surface area contributed by atoms with Crippen molar-refractivity contribution >= 4 is 22.1 Å². The summed E-state index contributed by atoms with van der Waals surface area (Å²) >= 11 is 0. The Bertz CT molecular complexity index is 901. The lowest BCUT2D eigenvalue weighted by Gasteiger charge is -2.18. The van der Waals surface area contributed by atoms with Gasteiger partial charge in [0.2, 0.25) is 6.10 Å². The van der Waals surface area contributed by atoms with E-state index in [0.717, 1.165) is 19.6 Å². The molecule has 26 heavy (non-hydrogen) atoms. The maximum Gasteiger partial charge on any atom is 0.352 e. The summed E-state index contributed by atoms with van der Waals surface area (Å²) in [4.78, 5) is 23.2. The number of esters is 2. The molecular weight excluding hydrogens is 360 g/mol. The van der Waals surface area contributed by atoms with Crippen molar-refractivity contribution in [3.63, 3.8) is 0 Å². The zero-order chi connectivity index (χ0) is 19.3. The van der Waals surface area contributed by atoms with Crippen LogP contribution in [-0.2, 0) is 29.2 Å². The highest BCUT2D eigenvalue weighted by molar-refractivity contribution is 7.87. The third-order valence-electron chi connectivity index (χ3n) is 3.41. The fraction of sp³-hybridized carbons (Fsp3) is 0.222. The lowest BCUT2D eigenvalue weighted by Crippen LogP contribution is -2.21. The molecule has 1 atom stereocenters. The van der Waals surface area contributed by atoms with Crippen molar-refractivity contribution < 1.29 is 31.7 Å². The first-order chi connectivity index (χ1) is 12.2. The van der Waals surface area contributed by atoms with Crippen LogP contribution < -0.4 is 4.18 Å². The van der Waals surface area contributed by atoms with E-state index < -0.39 is 28.2 Å². The molecule has 0 aromatic heterocycles. The van der Waals surface area contributed by atoms with Crippen LogP contribution in [0.2, 0.25) is 0 Å². The smallest absolute Gasteiger partial charge is 0.352 e. The number of ether oxygens (including phenoxy) is 2. The van der Waals surface area contributed by atoms with Gasteiger partial charge in [-0.15, -0.1) is 0 Å². The van der Waals surface area contributed by atoms with Crippen LogP contribution in [0.3, 0.4) is 0 Å². The van der Waals surface area contributed by atoms with Gasteiger partial charge in [0.1, 0.15) is 4.90 Å². The van der Waals surface area contributed by atoms with Crippen molar-refractivity contribution in [2.45, 2.75) is 24.8 Å². The van der Waals surface area contributed by atoms with Gasteiger partial charge in [-0.25, -0.2) is 4.79 Å². The van der Waals surface area contributed by atoms with Gasteiger partial charge in [0, 0.05) is 12.5 Å². The molecule has 0 heterocycles.